The van der Waals surface area contributed by atoms with Crippen LogP contribution in [0.2, 0.25) is 0 Å². The molecule has 2 aromatic carbocycles. The first kappa shape index (κ1) is 20.3. The minimum absolute atomic E-state index is 0.120. The van der Waals surface area contributed by atoms with Crippen molar-refractivity contribution >= 4 is 5.57 Å². The number of benzene rings is 2. The van der Waals surface area contributed by atoms with Crippen molar-refractivity contribution in [3.63, 3.8) is 0 Å². The maximum atomic E-state index is 13.6. The van der Waals surface area contributed by atoms with Crippen molar-refractivity contribution in [1.82, 2.24) is 20.2 Å². The topological polar surface area (TPSA) is 48.0 Å². The van der Waals surface area contributed by atoms with Gasteiger partial charge >= 0.3 is 0 Å². The molecule has 3 aromatic rings. The van der Waals surface area contributed by atoms with Crippen molar-refractivity contribution in [3.8, 4) is 0 Å². The minimum Gasteiger partial charge on any atom is -0.319 e. The monoisotopic (exact) mass is 410 g/mol. The van der Waals surface area contributed by atoms with Gasteiger partial charge in [0.25, 0.3) is 0 Å². The molecule has 30 heavy (non-hydrogen) atoms. The zero-order chi connectivity index (χ0) is 21.3. The van der Waals surface area contributed by atoms with Crippen LogP contribution in [0.4, 0.5) is 8.78 Å². The molecule has 0 amide bonds. The lowest BCUT2D eigenvalue weighted by Gasteiger charge is -2.32. The first-order valence-electron chi connectivity index (χ1n) is 10.2. The molecule has 1 aromatic heterocycles. The Morgan fingerprint density at radius 1 is 0.967 bits per heavy atom. The van der Waals surface area contributed by atoms with E-state index in [1.54, 1.807) is 0 Å². The number of halogens is 2. The van der Waals surface area contributed by atoms with Gasteiger partial charge in [0.1, 0.15) is 11.6 Å². The molecular formula is C23H26F2N5+. The van der Waals surface area contributed by atoms with Crippen LogP contribution in [0.3, 0.4) is 0 Å². The highest BCUT2D eigenvalue weighted by molar-refractivity contribution is 5.66. The summed E-state index contributed by atoms with van der Waals surface area (Å²) in [6, 6.07) is 13.1. The average molecular weight is 410 g/mol. The summed E-state index contributed by atoms with van der Waals surface area (Å²) in [5, 5.41) is 12.5. The lowest BCUT2D eigenvalue weighted by Crippen LogP contribution is -3.13. The van der Waals surface area contributed by atoms with Crippen LogP contribution in [0.25, 0.3) is 5.57 Å². The van der Waals surface area contributed by atoms with Crippen LogP contribution in [0.5, 0.6) is 0 Å². The van der Waals surface area contributed by atoms with Crippen LogP contribution in [-0.2, 0) is 5.54 Å². The van der Waals surface area contributed by atoms with Crippen LogP contribution in [0, 0.1) is 11.6 Å². The van der Waals surface area contributed by atoms with E-state index in [2.05, 4.69) is 42.4 Å². The first-order valence-corrected chi connectivity index (χ1v) is 10.2. The summed E-state index contributed by atoms with van der Waals surface area (Å²) in [6.45, 7) is 7.82. The van der Waals surface area contributed by atoms with E-state index in [9.17, 15) is 8.78 Å². The van der Waals surface area contributed by atoms with Gasteiger partial charge in [-0.05, 0) is 84.8 Å². The van der Waals surface area contributed by atoms with Crippen LogP contribution in [0.15, 0.2) is 54.6 Å². The summed E-state index contributed by atoms with van der Waals surface area (Å²) in [6.07, 6.45) is 3.06. The highest BCUT2D eigenvalue weighted by Crippen LogP contribution is 2.24. The number of aromatic nitrogens is 4. The van der Waals surface area contributed by atoms with Gasteiger partial charge in [0.05, 0.1) is 18.6 Å². The van der Waals surface area contributed by atoms with Gasteiger partial charge in [-0.2, -0.15) is 0 Å². The number of hydrogen-bond donors (Lipinski definition) is 1. The molecule has 1 unspecified atom stereocenters. The van der Waals surface area contributed by atoms with Gasteiger partial charge in [-0.1, -0.05) is 12.1 Å². The van der Waals surface area contributed by atoms with E-state index in [0.717, 1.165) is 36.5 Å². The molecule has 0 aliphatic carbocycles. The molecule has 5 nitrogen and oxygen atoms in total. The molecule has 0 saturated heterocycles. The van der Waals surface area contributed by atoms with E-state index >= 15 is 0 Å². The van der Waals surface area contributed by atoms with E-state index in [-0.39, 0.29) is 23.2 Å². The number of tetrazole rings is 1. The SMILES string of the molecule is CC(C)(C)n1nnnc1[C@H](c1ccc(F)cc1)[NH+]1CC=C(c2ccc(F)cc2)CC1. The molecule has 0 bridgehead atoms. The van der Waals surface area contributed by atoms with Crippen molar-refractivity contribution in [2.45, 2.75) is 38.8 Å². The van der Waals surface area contributed by atoms with Crippen molar-refractivity contribution in [2.75, 3.05) is 13.1 Å². The zero-order valence-electron chi connectivity index (χ0n) is 17.4. The third kappa shape index (κ3) is 4.16. The number of nitrogens with one attached hydrogen (secondary N) is 1. The van der Waals surface area contributed by atoms with E-state index in [0.29, 0.717) is 0 Å². The Hall–Kier alpha value is -2.93. The predicted octanol–water partition coefficient (Wildman–Crippen LogP) is 3.17. The molecule has 156 valence electrons. The Balaban J connectivity index is 1.68. The molecule has 2 heterocycles. The maximum Gasteiger partial charge on any atom is 0.214 e. The van der Waals surface area contributed by atoms with Crippen molar-refractivity contribution in [3.05, 3.63) is 83.2 Å². The van der Waals surface area contributed by atoms with Crippen LogP contribution >= 0.6 is 0 Å². The summed E-state index contributed by atoms with van der Waals surface area (Å²) in [7, 11) is 0. The van der Waals surface area contributed by atoms with Crippen molar-refractivity contribution in [1.29, 1.82) is 0 Å². The molecule has 0 saturated carbocycles. The Morgan fingerprint density at radius 3 is 2.17 bits per heavy atom. The molecule has 1 aliphatic rings. The summed E-state index contributed by atoms with van der Waals surface area (Å²) >= 11 is 0. The van der Waals surface area contributed by atoms with Gasteiger partial charge in [-0.15, -0.1) is 5.10 Å². The van der Waals surface area contributed by atoms with Crippen molar-refractivity contribution in [2.24, 2.45) is 0 Å². The van der Waals surface area contributed by atoms with Crippen molar-refractivity contribution < 1.29 is 13.7 Å². The summed E-state index contributed by atoms with van der Waals surface area (Å²) in [5.74, 6) is 0.274. The lowest BCUT2D eigenvalue weighted by molar-refractivity contribution is -0.921. The van der Waals surface area contributed by atoms with Gasteiger partial charge in [0, 0.05) is 12.0 Å². The fourth-order valence-electron chi connectivity index (χ4n) is 4.02. The molecule has 1 aliphatic heterocycles. The van der Waals surface area contributed by atoms with E-state index in [1.807, 2.05) is 28.9 Å². The number of hydrogen-bond acceptors (Lipinski definition) is 3. The zero-order valence-corrected chi connectivity index (χ0v) is 17.4. The van der Waals surface area contributed by atoms with Crippen LogP contribution < -0.4 is 4.90 Å². The summed E-state index contributed by atoms with van der Waals surface area (Å²) in [5.41, 5.74) is 2.97. The van der Waals surface area contributed by atoms with Gasteiger partial charge in [-0.3, -0.25) is 0 Å². The third-order valence-electron chi connectivity index (χ3n) is 5.54. The van der Waals surface area contributed by atoms with Gasteiger partial charge in [0.2, 0.25) is 5.82 Å². The van der Waals surface area contributed by atoms with Crippen LogP contribution in [-0.4, -0.2) is 33.3 Å². The smallest absolute Gasteiger partial charge is 0.214 e. The Morgan fingerprint density at radius 2 is 1.60 bits per heavy atom. The second-order valence-electron chi connectivity index (χ2n) is 8.70. The molecule has 4 rings (SSSR count). The van der Waals surface area contributed by atoms with Gasteiger partial charge < -0.3 is 4.90 Å². The van der Waals surface area contributed by atoms with Crippen LogP contribution in [0.1, 0.15) is 50.2 Å². The normalized spacial score (nSPS) is 18.2. The Kier molecular flexibility index (Phi) is 5.47. The minimum atomic E-state index is -0.276. The third-order valence-corrected chi connectivity index (χ3v) is 5.54. The lowest BCUT2D eigenvalue weighted by atomic mass is 9.96. The molecule has 0 radical (unpaired) electrons. The van der Waals surface area contributed by atoms with Gasteiger partial charge in [0.15, 0.2) is 6.04 Å². The highest BCUT2D eigenvalue weighted by Gasteiger charge is 2.35. The standard InChI is InChI=1S/C23H25F2N5/c1-23(2,3)30-22(26-27-28-30)21(18-6-10-20(25)11-7-18)29-14-12-17(13-15-29)16-4-8-19(24)9-5-16/h4-12,21H,13-15H2,1-3H3/p+1/t21-/m0/s1. The summed E-state index contributed by atoms with van der Waals surface area (Å²) < 4.78 is 28.7. The highest BCUT2D eigenvalue weighted by atomic mass is 19.1. The molecule has 2 atom stereocenters. The molecular weight excluding hydrogens is 384 g/mol. The Labute approximate surface area is 175 Å². The molecule has 1 N–H and O–H groups in total. The second-order valence-corrected chi connectivity index (χ2v) is 8.70. The molecule has 7 heteroatoms. The summed E-state index contributed by atoms with van der Waals surface area (Å²) in [4.78, 5) is 1.28. The quantitative estimate of drug-likeness (QED) is 0.719. The first-order chi connectivity index (χ1) is 14.3. The maximum absolute atomic E-state index is 13.6. The predicted molar refractivity (Wildman–Crippen MR) is 111 cm³/mol. The van der Waals surface area contributed by atoms with E-state index in [1.165, 1.54) is 34.7 Å². The van der Waals surface area contributed by atoms with Gasteiger partial charge in [-0.25, -0.2) is 13.5 Å². The van der Waals surface area contributed by atoms with E-state index < -0.39 is 0 Å². The molecule has 0 spiro atoms. The number of quaternary nitrogens is 1. The fourth-order valence-corrected chi connectivity index (χ4v) is 4.02. The second kappa shape index (κ2) is 8.07. The fraction of sp³-hybridized carbons (Fsp3) is 0.348. The Bertz CT molecular complexity index is 1030. The van der Waals surface area contributed by atoms with E-state index in [4.69, 9.17) is 0 Å². The average Bonchev–Trinajstić information content (AvgIpc) is 3.21. The molecule has 0 fully saturated rings. The number of rotatable bonds is 4. The number of nitrogens with zero attached hydrogens (tertiary/aromatic N) is 4. The largest absolute Gasteiger partial charge is 0.319 e.